The van der Waals surface area contributed by atoms with E-state index in [1.807, 2.05) is 27.7 Å². The predicted molar refractivity (Wildman–Crippen MR) is 173 cm³/mol. The summed E-state index contributed by atoms with van der Waals surface area (Å²) >= 11 is 0. The van der Waals surface area contributed by atoms with Crippen molar-refractivity contribution in [2.24, 2.45) is 40.9 Å². The molecule has 0 aromatic heterocycles. The molecule has 4 rings (SSSR count). The molecule has 6 atom stereocenters. The van der Waals surface area contributed by atoms with Gasteiger partial charge in [-0.15, -0.1) is 0 Å². The summed E-state index contributed by atoms with van der Waals surface area (Å²) in [5, 5.41) is 2.99. The van der Waals surface area contributed by atoms with E-state index in [1.165, 1.54) is 0 Å². The molecule has 0 radical (unpaired) electrons. The fourth-order valence-corrected chi connectivity index (χ4v) is 9.32. The van der Waals surface area contributed by atoms with Crippen molar-refractivity contribution in [3.8, 4) is 0 Å². The largest absolute Gasteiger partial charge is 0.344 e. The topological polar surface area (TPSA) is 135 Å². The second-order valence-corrected chi connectivity index (χ2v) is 18.0. The number of nitrogens with zero attached hydrogens (tertiary/aromatic N) is 1. The summed E-state index contributed by atoms with van der Waals surface area (Å²) in [6.07, 6.45) is 11.7. The molecule has 254 valence electrons. The SMILES string of the molecule is CCC[C@@H](CC(=O)[C@@H]1[C@H]2CCC[C@H]2CN1C(=O)[C@@H](NC(=O)[C@H](CS(C)(=O)=O)C1CCCCC1)C(C)(C)C)C(=O)C(=O)CC1CC1. The van der Waals surface area contributed by atoms with Crippen LogP contribution in [0.15, 0.2) is 0 Å². The molecule has 45 heavy (non-hydrogen) atoms. The molecule has 1 heterocycles. The van der Waals surface area contributed by atoms with Crippen LogP contribution in [0, 0.1) is 40.9 Å². The lowest BCUT2D eigenvalue weighted by molar-refractivity contribution is -0.146. The van der Waals surface area contributed by atoms with Crippen molar-refractivity contribution in [3.63, 3.8) is 0 Å². The van der Waals surface area contributed by atoms with E-state index in [0.29, 0.717) is 25.3 Å². The molecule has 9 nitrogen and oxygen atoms in total. The molecule has 2 amide bonds. The maximum atomic E-state index is 14.5. The quantitative estimate of drug-likeness (QED) is 0.255. The first-order valence-corrected chi connectivity index (χ1v) is 19.5. The second-order valence-electron chi connectivity index (χ2n) is 15.8. The molecule has 3 saturated carbocycles. The minimum atomic E-state index is -3.44. The number of sulfone groups is 1. The van der Waals surface area contributed by atoms with Gasteiger partial charge in [0.2, 0.25) is 17.6 Å². The molecule has 1 aliphatic heterocycles. The number of Topliss-reactive ketones (excluding diaryl/α,β-unsaturated/α-hetero) is 3. The smallest absolute Gasteiger partial charge is 0.246 e. The maximum Gasteiger partial charge on any atom is 0.246 e. The fraction of sp³-hybridized carbons (Fsp3) is 0.857. The molecular formula is C35H56N2O7S. The van der Waals surface area contributed by atoms with E-state index in [0.717, 1.165) is 70.5 Å². The van der Waals surface area contributed by atoms with Crippen LogP contribution >= 0.6 is 0 Å². The summed E-state index contributed by atoms with van der Waals surface area (Å²) in [5.74, 6) is -2.97. The summed E-state index contributed by atoms with van der Waals surface area (Å²) in [6.45, 7) is 7.98. The normalized spacial score (nSPS) is 26.2. The minimum Gasteiger partial charge on any atom is -0.344 e. The van der Waals surface area contributed by atoms with E-state index in [2.05, 4.69) is 5.32 Å². The predicted octanol–water partition coefficient (Wildman–Crippen LogP) is 4.70. The van der Waals surface area contributed by atoms with Gasteiger partial charge in [0.05, 0.1) is 17.7 Å². The highest BCUT2D eigenvalue weighted by Gasteiger charge is 2.52. The number of ketones is 3. The number of nitrogens with one attached hydrogen (secondary N) is 1. The van der Waals surface area contributed by atoms with E-state index < -0.39 is 50.9 Å². The zero-order chi connectivity index (χ0) is 33.1. The van der Waals surface area contributed by atoms with E-state index in [9.17, 15) is 32.4 Å². The van der Waals surface area contributed by atoms with Gasteiger partial charge in [-0.2, -0.15) is 0 Å². The van der Waals surface area contributed by atoms with Gasteiger partial charge in [-0.3, -0.25) is 24.0 Å². The number of likely N-dealkylation sites (tertiary alicyclic amines) is 1. The van der Waals surface area contributed by atoms with Gasteiger partial charge in [0.15, 0.2) is 11.6 Å². The van der Waals surface area contributed by atoms with E-state index >= 15 is 0 Å². The number of hydrogen-bond donors (Lipinski definition) is 1. The standard InChI is InChI=1S/C35H56N2O7S/c1-6-11-24(31(40)29(39)18-22-16-17-22)19-28(38)30-26-15-10-14-25(26)20-37(30)34(42)32(35(2,3)4)36-33(41)27(21-45(5,43)44)23-12-8-7-9-13-23/h22-27,30,32H,6-21H2,1-5H3,(H,36,41)/t24-,25-,26-,27+,30-,32+/m0/s1. The zero-order valence-electron chi connectivity index (χ0n) is 28.1. The number of rotatable bonds is 15. The Morgan fingerprint density at radius 3 is 2.16 bits per heavy atom. The Morgan fingerprint density at radius 2 is 1.58 bits per heavy atom. The lowest BCUT2D eigenvalue weighted by Gasteiger charge is -2.38. The molecule has 10 heteroatoms. The van der Waals surface area contributed by atoms with Crippen LogP contribution < -0.4 is 5.32 Å². The first-order valence-electron chi connectivity index (χ1n) is 17.5. The van der Waals surface area contributed by atoms with Crippen LogP contribution in [0.25, 0.3) is 0 Å². The molecule has 0 aromatic carbocycles. The lowest BCUT2D eigenvalue weighted by atomic mass is 9.79. The molecule has 1 N–H and O–H groups in total. The first-order chi connectivity index (χ1) is 21.1. The van der Waals surface area contributed by atoms with E-state index in [-0.39, 0.29) is 53.8 Å². The molecule has 1 saturated heterocycles. The van der Waals surface area contributed by atoms with E-state index in [1.54, 1.807) is 4.90 Å². The van der Waals surface area contributed by atoms with Crippen LogP contribution in [-0.4, -0.2) is 73.1 Å². The van der Waals surface area contributed by atoms with Crippen LogP contribution in [0.4, 0.5) is 0 Å². The Kier molecular flexibility index (Phi) is 11.7. The molecule has 4 fully saturated rings. The van der Waals surface area contributed by atoms with Crippen LogP contribution in [0.5, 0.6) is 0 Å². The average Bonchev–Trinajstić information content (AvgIpc) is 3.53. The monoisotopic (exact) mass is 648 g/mol. The van der Waals surface area contributed by atoms with Crippen LogP contribution in [0.2, 0.25) is 0 Å². The van der Waals surface area contributed by atoms with Crippen molar-refractivity contribution in [2.75, 3.05) is 18.6 Å². The van der Waals surface area contributed by atoms with Crippen molar-refractivity contribution in [1.29, 1.82) is 0 Å². The lowest BCUT2D eigenvalue weighted by Crippen LogP contribution is -2.59. The van der Waals surface area contributed by atoms with Gasteiger partial charge in [-0.1, -0.05) is 59.8 Å². The van der Waals surface area contributed by atoms with Gasteiger partial charge >= 0.3 is 0 Å². The van der Waals surface area contributed by atoms with Gasteiger partial charge in [0.1, 0.15) is 15.9 Å². The molecule has 0 aromatic rings. The number of carbonyl (C=O) groups is 5. The molecule has 0 unspecified atom stereocenters. The number of fused-ring (bicyclic) bond motifs is 1. The first kappa shape index (κ1) is 35.7. The zero-order valence-corrected chi connectivity index (χ0v) is 29.0. The second kappa shape index (κ2) is 14.8. The maximum absolute atomic E-state index is 14.5. The van der Waals surface area contributed by atoms with Gasteiger partial charge in [-0.25, -0.2) is 8.42 Å². The van der Waals surface area contributed by atoms with E-state index in [4.69, 9.17) is 0 Å². The van der Waals surface area contributed by atoms with Crippen molar-refractivity contribution in [2.45, 2.75) is 130 Å². The number of amides is 2. The Balaban J connectivity index is 1.55. The van der Waals surface area contributed by atoms with Crippen molar-refractivity contribution < 1.29 is 32.4 Å². The highest BCUT2D eigenvalue weighted by Crippen LogP contribution is 2.44. The Labute approximate surface area is 270 Å². The Morgan fingerprint density at radius 1 is 0.911 bits per heavy atom. The summed E-state index contributed by atoms with van der Waals surface area (Å²) in [4.78, 5) is 70.0. The molecule has 0 spiro atoms. The highest BCUT2D eigenvalue weighted by molar-refractivity contribution is 7.90. The number of carbonyl (C=O) groups excluding carboxylic acids is 5. The summed E-state index contributed by atoms with van der Waals surface area (Å²) in [5.41, 5.74) is -0.698. The summed E-state index contributed by atoms with van der Waals surface area (Å²) in [7, 11) is -3.44. The minimum absolute atomic E-state index is 0.00228. The average molecular weight is 649 g/mol. The third kappa shape index (κ3) is 9.25. The van der Waals surface area contributed by atoms with Crippen LogP contribution in [0.1, 0.15) is 118 Å². The van der Waals surface area contributed by atoms with Crippen LogP contribution in [0.3, 0.4) is 0 Å². The van der Waals surface area contributed by atoms with Crippen molar-refractivity contribution in [3.05, 3.63) is 0 Å². The van der Waals surface area contributed by atoms with Crippen LogP contribution in [-0.2, 0) is 33.8 Å². The Hall–Kier alpha value is -2.10. The van der Waals surface area contributed by atoms with Gasteiger partial charge in [-0.05, 0) is 74.0 Å². The summed E-state index contributed by atoms with van der Waals surface area (Å²) < 4.78 is 24.8. The third-order valence-electron chi connectivity index (χ3n) is 10.8. The Bertz CT molecular complexity index is 1230. The van der Waals surface area contributed by atoms with Gasteiger partial charge < -0.3 is 10.2 Å². The third-order valence-corrected chi connectivity index (χ3v) is 11.8. The molecule has 4 aliphatic rings. The molecule has 0 bridgehead atoms. The summed E-state index contributed by atoms with van der Waals surface area (Å²) in [6, 6.07) is -1.64. The van der Waals surface area contributed by atoms with Crippen molar-refractivity contribution in [1.82, 2.24) is 10.2 Å². The number of hydrogen-bond acceptors (Lipinski definition) is 7. The van der Waals surface area contributed by atoms with Gasteiger partial charge in [0.25, 0.3) is 0 Å². The van der Waals surface area contributed by atoms with Crippen molar-refractivity contribution >= 4 is 39.0 Å². The fourth-order valence-electron chi connectivity index (χ4n) is 8.25. The highest BCUT2D eigenvalue weighted by atomic mass is 32.2. The van der Waals surface area contributed by atoms with Gasteiger partial charge in [0, 0.05) is 31.6 Å². The molecular weight excluding hydrogens is 592 g/mol. The molecule has 3 aliphatic carbocycles.